The minimum Gasteiger partial charge on any atom is -0.395 e. The fourth-order valence-corrected chi connectivity index (χ4v) is 2.58. The standard InChI is InChI=1S/C11H15N5O2S/c1-8(2)15(4-5-17)11(18)10-9(3-6-19-10)16-7-12-13-14-16/h3,6-8,17H,4-5H2,1-2H3. The van der Waals surface area contributed by atoms with Crippen LogP contribution in [0.25, 0.3) is 5.69 Å². The van der Waals surface area contributed by atoms with Crippen LogP contribution in [0.15, 0.2) is 17.8 Å². The molecule has 0 spiro atoms. The number of tetrazole rings is 1. The van der Waals surface area contributed by atoms with Gasteiger partial charge < -0.3 is 10.0 Å². The van der Waals surface area contributed by atoms with Crippen LogP contribution in [-0.4, -0.2) is 55.3 Å². The van der Waals surface area contributed by atoms with Gasteiger partial charge in [0.2, 0.25) is 0 Å². The Morgan fingerprint density at radius 2 is 2.37 bits per heavy atom. The molecule has 0 fully saturated rings. The van der Waals surface area contributed by atoms with Gasteiger partial charge in [-0.2, -0.15) is 4.68 Å². The Kier molecular flexibility index (Phi) is 4.23. The van der Waals surface area contributed by atoms with Crippen molar-refractivity contribution in [3.63, 3.8) is 0 Å². The highest BCUT2D eigenvalue weighted by atomic mass is 32.1. The first-order valence-corrected chi connectivity index (χ1v) is 6.75. The van der Waals surface area contributed by atoms with Crippen molar-refractivity contribution in [2.24, 2.45) is 0 Å². The summed E-state index contributed by atoms with van der Waals surface area (Å²) >= 11 is 1.34. The van der Waals surface area contributed by atoms with E-state index in [1.807, 2.05) is 19.2 Å². The number of aliphatic hydroxyl groups excluding tert-OH is 1. The highest BCUT2D eigenvalue weighted by Crippen LogP contribution is 2.22. The number of thiophene rings is 1. The lowest BCUT2D eigenvalue weighted by Crippen LogP contribution is -2.39. The van der Waals surface area contributed by atoms with Gasteiger partial charge in [-0.05, 0) is 35.7 Å². The molecule has 0 unspecified atom stereocenters. The van der Waals surface area contributed by atoms with Crippen molar-refractivity contribution in [1.82, 2.24) is 25.1 Å². The van der Waals surface area contributed by atoms with Gasteiger partial charge in [-0.25, -0.2) is 0 Å². The van der Waals surface area contributed by atoms with Crippen LogP contribution in [0.2, 0.25) is 0 Å². The summed E-state index contributed by atoms with van der Waals surface area (Å²) in [5, 5.41) is 21.8. The van der Waals surface area contributed by atoms with E-state index in [-0.39, 0.29) is 18.6 Å². The second-order valence-corrected chi connectivity index (χ2v) is 5.12. The third-order valence-corrected chi connectivity index (χ3v) is 3.55. The third kappa shape index (κ3) is 2.79. The summed E-state index contributed by atoms with van der Waals surface area (Å²) in [6.45, 7) is 4.08. The fraction of sp³-hybridized carbons (Fsp3) is 0.455. The maximum atomic E-state index is 12.5. The molecular formula is C11H15N5O2S. The second-order valence-electron chi connectivity index (χ2n) is 4.21. The lowest BCUT2D eigenvalue weighted by atomic mass is 10.2. The first-order chi connectivity index (χ1) is 9.15. The fourth-order valence-electron chi connectivity index (χ4n) is 1.75. The Morgan fingerprint density at radius 1 is 1.58 bits per heavy atom. The molecule has 8 heteroatoms. The lowest BCUT2D eigenvalue weighted by molar-refractivity contribution is 0.0670. The molecule has 2 aromatic rings. The molecule has 19 heavy (non-hydrogen) atoms. The quantitative estimate of drug-likeness (QED) is 0.866. The summed E-state index contributed by atoms with van der Waals surface area (Å²) < 4.78 is 1.46. The van der Waals surface area contributed by atoms with Crippen molar-refractivity contribution in [3.8, 4) is 5.69 Å². The molecular weight excluding hydrogens is 266 g/mol. The molecule has 0 saturated carbocycles. The third-order valence-electron chi connectivity index (χ3n) is 2.66. The minimum atomic E-state index is -0.121. The van der Waals surface area contributed by atoms with Gasteiger partial charge in [-0.3, -0.25) is 4.79 Å². The average Bonchev–Trinajstić information content (AvgIpc) is 3.03. The number of hydrogen-bond donors (Lipinski definition) is 1. The average molecular weight is 281 g/mol. The SMILES string of the molecule is CC(C)N(CCO)C(=O)c1sccc1-n1cnnn1. The van der Waals surface area contributed by atoms with E-state index in [1.54, 1.807) is 11.0 Å². The summed E-state index contributed by atoms with van der Waals surface area (Å²) in [5.74, 6) is -0.121. The molecule has 0 aliphatic heterocycles. The summed E-state index contributed by atoms with van der Waals surface area (Å²) in [6, 6.07) is 1.81. The Bertz CT molecular complexity index is 537. The number of carbonyl (C=O) groups is 1. The smallest absolute Gasteiger partial charge is 0.266 e. The highest BCUT2D eigenvalue weighted by molar-refractivity contribution is 7.12. The lowest BCUT2D eigenvalue weighted by Gasteiger charge is -2.25. The number of aliphatic hydroxyl groups is 1. The van der Waals surface area contributed by atoms with Gasteiger partial charge in [0, 0.05) is 12.6 Å². The van der Waals surface area contributed by atoms with E-state index >= 15 is 0 Å². The minimum absolute atomic E-state index is 0.0171. The zero-order valence-corrected chi connectivity index (χ0v) is 11.5. The van der Waals surface area contributed by atoms with Crippen LogP contribution >= 0.6 is 11.3 Å². The van der Waals surface area contributed by atoms with E-state index in [2.05, 4.69) is 15.5 Å². The maximum Gasteiger partial charge on any atom is 0.266 e. The van der Waals surface area contributed by atoms with Gasteiger partial charge in [-0.15, -0.1) is 16.4 Å². The number of hydrogen-bond acceptors (Lipinski definition) is 6. The van der Waals surface area contributed by atoms with Gasteiger partial charge in [-0.1, -0.05) is 0 Å². The predicted molar refractivity (Wildman–Crippen MR) is 70.3 cm³/mol. The van der Waals surface area contributed by atoms with E-state index in [4.69, 9.17) is 5.11 Å². The van der Waals surface area contributed by atoms with Gasteiger partial charge in [0.1, 0.15) is 11.2 Å². The number of carbonyl (C=O) groups excluding carboxylic acids is 1. The van der Waals surface area contributed by atoms with Gasteiger partial charge in [0.05, 0.1) is 12.3 Å². The summed E-state index contributed by atoms with van der Waals surface area (Å²) in [4.78, 5) is 14.7. The van der Waals surface area contributed by atoms with E-state index in [0.29, 0.717) is 17.1 Å². The van der Waals surface area contributed by atoms with E-state index in [1.165, 1.54) is 22.3 Å². The van der Waals surface area contributed by atoms with Crippen LogP contribution in [0, 0.1) is 0 Å². The molecule has 0 aromatic carbocycles. The number of aromatic nitrogens is 4. The molecule has 0 aliphatic carbocycles. The molecule has 0 saturated heterocycles. The summed E-state index contributed by atoms with van der Waals surface area (Å²) in [6.07, 6.45) is 1.45. The molecule has 0 radical (unpaired) electrons. The Labute approximate surface area is 114 Å². The van der Waals surface area contributed by atoms with Gasteiger partial charge in [0.25, 0.3) is 5.91 Å². The number of rotatable bonds is 5. The van der Waals surface area contributed by atoms with E-state index in [0.717, 1.165) is 0 Å². The molecule has 1 N–H and O–H groups in total. The summed E-state index contributed by atoms with van der Waals surface area (Å²) in [5.41, 5.74) is 0.656. The Balaban J connectivity index is 2.31. The van der Waals surface area contributed by atoms with Crippen molar-refractivity contribution >= 4 is 17.2 Å². The van der Waals surface area contributed by atoms with Gasteiger partial charge in [0.15, 0.2) is 0 Å². The molecule has 102 valence electrons. The molecule has 1 amide bonds. The van der Waals surface area contributed by atoms with E-state index < -0.39 is 0 Å². The number of nitrogens with zero attached hydrogens (tertiary/aromatic N) is 5. The first-order valence-electron chi connectivity index (χ1n) is 5.87. The Hall–Kier alpha value is -1.80. The van der Waals surface area contributed by atoms with Crippen LogP contribution in [0.5, 0.6) is 0 Å². The molecule has 0 bridgehead atoms. The monoisotopic (exact) mass is 281 g/mol. The highest BCUT2D eigenvalue weighted by Gasteiger charge is 2.23. The van der Waals surface area contributed by atoms with Crippen LogP contribution in [0.1, 0.15) is 23.5 Å². The second kappa shape index (κ2) is 5.89. The zero-order valence-electron chi connectivity index (χ0n) is 10.7. The molecule has 2 rings (SSSR count). The Morgan fingerprint density at radius 3 is 2.95 bits per heavy atom. The molecule has 0 atom stereocenters. The van der Waals surface area contributed by atoms with Crippen LogP contribution in [0.4, 0.5) is 0 Å². The molecule has 2 aromatic heterocycles. The van der Waals surface area contributed by atoms with Crippen molar-refractivity contribution in [3.05, 3.63) is 22.7 Å². The first kappa shape index (κ1) is 13.6. The van der Waals surface area contributed by atoms with Crippen molar-refractivity contribution in [1.29, 1.82) is 0 Å². The number of amides is 1. The normalized spacial score (nSPS) is 10.9. The molecule has 0 aliphatic rings. The van der Waals surface area contributed by atoms with Crippen LogP contribution in [-0.2, 0) is 0 Å². The van der Waals surface area contributed by atoms with Crippen LogP contribution < -0.4 is 0 Å². The van der Waals surface area contributed by atoms with Crippen molar-refractivity contribution < 1.29 is 9.90 Å². The van der Waals surface area contributed by atoms with Crippen LogP contribution in [0.3, 0.4) is 0 Å². The van der Waals surface area contributed by atoms with Gasteiger partial charge >= 0.3 is 0 Å². The zero-order chi connectivity index (χ0) is 13.8. The topological polar surface area (TPSA) is 84.1 Å². The van der Waals surface area contributed by atoms with Crippen molar-refractivity contribution in [2.45, 2.75) is 19.9 Å². The summed E-state index contributed by atoms with van der Waals surface area (Å²) in [7, 11) is 0. The maximum absolute atomic E-state index is 12.5. The van der Waals surface area contributed by atoms with Crippen molar-refractivity contribution in [2.75, 3.05) is 13.2 Å². The molecule has 2 heterocycles. The molecule has 7 nitrogen and oxygen atoms in total. The predicted octanol–water partition coefficient (Wildman–Crippen LogP) is 0.567. The van der Waals surface area contributed by atoms with E-state index in [9.17, 15) is 4.79 Å². The largest absolute Gasteiger partial charge is 0.395 e.